The number of nitrogens with zero attached hydrogens (tertiary/aromatic N) is 2. The van der Waals surface area contributed by atoms with E-state index in [-0.39, 0.29) is 0 Å². The molecule has 19 heavy (non-hydrogen) atoms. The van der Waals surface area contributed by atoms with Crippen LogP contribution in [0.3, 0.4) is 0 Å². The normalized spacial score (nSPS) is 23.2. The van der Waals surface area contributed by atoms with Crippen molar-refractivity contribution in [2.45, 2.75) is 38.3 Å². The van der Waals surface area contributed by atoms with Crippen LogP contribution in [0.4, 0.5) is 0 Å². The second-order valence-corrected chi connectivity index (χ2v) is 6.30. The molecule has 2 heterocycles. The van der Waals surface area contributed by atoms with Crippen LogP contribution in [0.1, 0.15) is 31.2 Å². The molecule has 1 unspecified atom stereocenters. The van der Waals surface area contributed by atoms with Gasteiger partial charge in [0.25, 0.3) is 0 Å². The Kier molecular flexibility index (Phi) is 4.36. The molecule has 1 aliphatic carbocycles. The summed E-state index contributed by atoms with van der Waals surface area (Å²) in [6, 6.07) is 4.74. The Bertz CT molecular complexity index is 414. The summed E-state index contributed by atoms with van der Waals surface area (Å²) in [5.74, 6) is 0.929. The van der Waals surface area contributed by atoms with Gasteiger partial charge in [0.2, 0.25) is 0 Å². The molecule has 104 valence electrons. The number of rotatable bonds is 6. The molecular weight excluding hydrogens is 258 g/mol. The lowest BCUT2D eigenvalue weighted by Crippen LogP contribution is -2.38. The lowest BCUT2D eigenvalue weighted by Gasteiger charge is -2.25. The van der Waals surface area contributed by atoms with Crippen molar-refractivity contribution >= 4 is 11.6 Å². The maximum atomic E-state index is 5.97. The lowest BCUT2D eigenvalue weighted by molar-refractivity contribution is 0.232. The fourth-order valence-corrected chi connectivity index (χ4v) is 3.09. The van der Waals surface area contributed by atoms with Crippen molar-refractivity contribution in [1.82, 2.24) is 15.2 Å². The number of hydrogen-bond acceptors (Lipinski definition) is 3. The highest BCUT2D eigenvalue weighted by molar-refractivity contribution is 6.29. The van der Waals surface area contributed by atoms with E-state index in [9.17, 15) is 0 Å². The van der Waals surface area contributed by atoms with Crippen LogP contribution < -0.4 is 5.32 Å². The summed E-state index contributed by atoms with van der Waals surface area (Å²) in [4.78, 5) is 6.65. The van der Waals surface area contributed by atoms with Crippen LogP contribution in [-0.2, 0) is 6.54 Å². The Hall–Kier alpha value is -0.640. The third-order valence-electron chi connectivity index (χ3n) is 4.05. The Morgan fingerprint density at radius 3 is 2.89 bits per heavy atom. The van der Waals surface area contributed by atoms with E-state index in [1.54, 1.807) is 6.20 Å². The quantitative estimate of drug-likeness (QED) is 0.812. The molecule has 0 amide bonds. The molecule has 0 radical (unpaired) electrons. The number of aromatic nitrogens is 1. The maximum Gasteiger partial charge on any atom is 0.129 e. The van der Waals surface area contributed by atoms with Crippen LogP contribution >= 0.6 is 11.6 Å². The van der Waals surface area contributed by atoms with Gasteiger partial charge in [0.15, 0.2) is 0 Å². The molecule has 3 rings (SSSR count). The molecule has 1 aromatic rings. The number of hydrogen-bond donors (Lipinski definition) is 1. The zero-order valence-corrected chi connectivity index (χ0v) is 12.1. The van der Waals surface area contributed by atoms with Crippen molar-refractivity contribution in [3.8, 4) is 0 Å². The average molecular weight is 280 g/mol. The van der Waals surface area contributed by atoms with Crippen LogP contribution in [0.5, 0.6) is 0 Å². The summed E-state index contributed by atoms with van der Waals surface area (Å²) in [6.45, 7) is 4.58. The Morgan fingerprint density at radius 2 is 2.21 bits per heavy atom. The highest BCUT2D eigenvalue weighted by Gasteiger charge is 2.26. The largest absolute Gasteiger partial charge is 0.313 e. The molecule has 2 aliphatic rings. The minimum Gasteiger partial charge on any atom is -0.313 e. The van der Waals surface area contributed by atoms with Crippen molar-refractivity contribution in [2.24, 2.45) is 5.92 Å². The highest BCUT2D eigenvalue weighted by atomic mass is 35.5. The maximum absolute atomic E-state index is 5.97. The van der Waals surface area contributed by atoms with Crippen molar-refractivity contribution in [2.75, 3.05) is 19.6 Å². The molecule has 0 spiro atoms. The van der Waals surface area contributed by atoms with Gasteiger partial charge in [-0.2, -0.15) is 0 Å². The van der Waals surface area contributed by atoms with Gasteiger partial charge in [-0.15, -0.1) is 0 Å². The topological polar surface area (TPSA) is 28.2 Å². The number of nitrogens with one attached hydrogen (secondary N) is 1. The minimum atomic E-state index is 0.600. The van der Waals surface area contributed by atoms with E-state index in [1.165, 1.54) is 44.3 Å². The van der Waals surface area contributed by atoms with Gasteiger partial charge in [0.05, 0.1) is 0 Å². The molecule has 4 heteroatoms. The van der Waals surface area contributed by atoms with Gasteiger partial charge in [0.1, 0.15) is 5.15 Å². The summed E-state index contributed by atoms with van der Waals surface area (Å²) in [5.41, 5.74) is 1.28. The molecule has 1 aromatic heterocycles. The van der Waals surface area contributed by atoms with Crippen LogP contribution in [0.25, 0.3) is 0 Å². The van der Waals surface area contributed by atoms with Gasteiger partial charge in [0, 0.05) is 31.9 Å². The molecule has 0 aromatic carbocycles. The standard InChI is InChI=1S/C15H22ClN3/c16-15-8-13(5-7-18-15)10-19(9-12-3-4-12)11-14-2-1-6-17-14/h5,7-8,12,14,17H,1-4,6,9-11H2. The van der Waals surface area contributed by atoms with Gasteiger partial charge in [-0.3, -0.25) is 4.90 Å². The fourth-order valence-electron chi connectivity index (χ4n) is 2.89. The molecule has 1 saturated heterocycles. The molecular formula is C15H22ClN3. The van der Waals surface area contributed by atoms with Crippen molar-refractivity contribution in [3.63, 3.8) is 0 Å². The third kappa shape index (κ3) is 4.16. The molecule has 1 N–H and O–H groups in total. The van der Waals surface area contributed by atoms with E-state index >= 15 is 0 Å². The van der Waals surface area contributed by atoms with Gasteiger partial charge in [-0.1, -0.05) is 11.6 Å². The predicted octanol–water partition coefficient (Wildman–Crippen LogP) is 2.70. The average Bonchev–Trinajstić information content (AvgIpc) is 3.03. The molecule has 1 saturated carbocycles. The first kappa shape index (κ1) is 13.3. The molecule has 3 nitrogen and oxygen atoms in total. The zero-order chi connectivity index (χ0) is 13.1. The third-order valence-corrected chi connectivity index (χ3v) is 4.26. The Balaban J connectivity index is 1.60. The number of pyridine rings is 1. The first-order valence-corrected chi connectivity index (χ1v) is 7.73. The fraction of sp³-hybridized carbons (Fsp3) is 0.667. The van der Waals surface area contributed by atoms with E-state index in [2.05, 4.69) is 21.3 Å². The first-order chi connectivity index (χ1) is 9.29. The van der Waals surface area contributed by atoms with Crippen molar-refractivity contribution in [1.29, 1.82) is 0 Å². The summed E-state index contributed by atoms with van der Waals surface area (Å²) in [7, 11) is 0. The second-order valence-electron chi connectivity index (χ2n) is 5.92. The van der Waals surface area contributed by atoms with E-state index < -0.39 is 0 Å². The van der Waals surface area contributed by atoms with E-state index in [0.29, 0.717) is 11.2 Å². The SMILES string of the molecule is Clc1cc(CN(CC2CC2)CC2CCCN2)ccn1. The van der Waals surface area contributed by atoms with Crippen LogP contribution in [0.2, 0.25) is 5.15 Å². The van der Waals surface area contributed by atoms with E-state index in [0.717, 1.165) is 19.0 Å². The van der Waals surface area contributed by atoms with Crippen molar-refractivity contribution in [3.05, 3.63) is 29.0 Å². The minimum absolute atomic E-state index is 0.600. The summed E-state index contributed by atoms with van der Waals surface area (Å²) in [6.07, 6.45) is 7.26. The van der Waals surface area contributed by atoms with Gasteiger partial charge in [-0.25, -0.2) is 4.98 Å². The summed E-state index contributed by atoms with van der Waals surface area (Å²) < 4.78 is 0. The lowest BCUT2D eigenvalue weighted by atomic mass is 10.2. The van der Waals surface area contributed by atoms with Crippen LogP contribution in [-0.4, -0.2) is 35.6 Å². The highest BCUT2D eigenvalue weighted by Crippen LogP contribution is 2.30. The van der Waals surface area contributed by atoms with E-state index in [1.807, 2.05) is 6.07 Å². The van der Waals surface area contributed by atoms with Gasteiger partial charge < -0.3 is 5.32 Å². The van der Waals surface area contributed by atoms with Gasteiger partial charge >= 0.3 is 0 Å². The van der Waals surface area contributed by atoms with Gasteiger partial charge in [-0.05, 0) is 55.8 Å². The second kappa shape index (κ2) is 6.21. The molecule has 1 atom stereocenters. The molecule has 1 aliphatic heterocycles. The Morgan fingerprint density at radius 1 is 1.32 bits per heavy atom. The first-order valence-electron chi connectivity index (χ1n) is 7.36. The Labute approximate surface area is 120 Å². The predicted molar refractivity (Wildman–Crippen MR) is 78.3 cm³/mol. The number of halogens is 1. The molecule has 2 fully saturated rings. The van der Waals surface area contributed by atoms with E-state index in [4.69, 9.17) is 11.6 Å². The summed E-state index contributed by atoms with van der Waals surface area (Å²) >= 11 is 5.97. The van der Waals surface area contributed by atoms with Crippen LogP contribution in [0, 0.1) is 5.92 Å². The van der Waals surface area contributed by atoms with Crippen molar-refractivity contribution < 1.29 is 0 Å². The monoisotopic (exact) mass is 279 g/mol. The van der Waals surface area contributed by atoms with Crippen LogP contribution in [0.15, 0.2) is 18.3 Å². The smallest absolute Gasteiger partial charge is 0.129 e. The molecule has 0 bridgehead atoms. The summed E-state index contributed by atoms with van der Waals surface area (Å²) in [5, 5.41) is 4.20. The zero-order valence-electron chi connectivity index (χ0n) is 11.3.